The van der Waals surface area contributed by atoms with Crippen LogP contribution < -0.4 is 4.74 Å². The molecule has 106 valence electrons. The summed E-state index contributed by atoms with van der Waals surface area (Å²) in [4.78, 5) is 5.06. The molecule has 1 unspecified atom stereocenters. The van der Waals surface area contributed by atoms with Crippen molar-refractivity contribution in [3.05, 3.63) is 28.2 Å². The highest BCUT2D eigenvalue weighted by Crippen LogP contribution is 2.24. The van der Waals surface area contributed by atoms with Gasteiger partial charge in [0.15, 0.2) is 0 Å². The zero-order valence-corrected chi connectivity index (χ0v) is 13.6. The van der Waals surface area contributed by atoms with Crippen molar-refractivity contribution in [1.29, 1.82) is 0 Å². The number of likely N-dealkylation sites (N-methyl/N-ethyl adjacent to an activating group) is 1. The van der Waals surface area contributed by atoms with Crippen molar-refractivity contribution in [2.75, 3.05) is 33.3 Å². The van der Waals surface area contributed by atoms with Crippen LogP contribution in [0.25, 0.3) is 0 Å². The molecule has 2 rings (SSSR count). The highest BCUT2D eigenvalue weighted by molar-refractivity contribution is 9.10. The standard InChI is InChI=1S/C15H23BrN2O/c1-4-18-8-7-17(10-12(18)2)11-13-9-14(19-3)5-6-15(13)16/h5-6,9,12H,4,7-8,10-11H2,1-3H3. The van der Waals surface area contributed by atoms with Gasteiger partial charge in [-0.05, 0) is 37.2 Å². The van der Waals surface area contributed by atoms with E-state index in [1.54, 1.807) is 7.11 Å². The van der Waals surface area contributed by atoms with E-state index in [9.17, 15) is 0 Å². The Morgan fingerprint density at radius 2 is 2.16 bits per heavy atom. The van der Waals surface area contributed by atoms with E-state index in [0.717, 1.165) is 31.9 Å². The molecule has 0 amide bonds. The molecule has 1 fully saturated rings. The Balaban J connectivity index is 2.02. The van der Waals surface area contributed by atoms with Gasteiger partial charge in [0.1, 0.15) is 5.75 Å². The minimum Gasteiger partial charge on any atom is -0.497 e. The van der Waals surface area contributed by atoms with E-state index < -0.39 is 0 Å². The van der Waals surface area contributed by atoms with Crippen molar-refractivity contribution < 1.29 is 4.74 Å². The molecule has 0 bridgehead atoms. The molecule has 0 aromatic heterocycles. The van der Waals surface area contributed by atoms with E-state index in [1.807, 2.05) is 6.07 Å². The molecule has 1 aromatic carbocycles. The quantitative estimate of drug-likeness (QED) is 0.846. The predicted octanol–water partition coefficient (Wildman–Crippen LogP) is 2.98. The summed E-state index contributed by atoms with van der Waals surface area (Å²) in [6.45, 7) is 10.1. The summed E-state index contributed by atoms with van der Waals surface area (Å²) >= 11 is 3.63. The van der Waals surface area contributed by atoms with Gasteiger partial charge in [-0.3, -0.25) is 9.80 Å². The van der Waals surface area contributed by atoms with E-state index >= 15 is 0 Å². The lowest BCUT2D eigenvalue weighted by molar-refractivity contribution is 0.0833. The fourth-order valence-corrected chi connectivity index (χ4v) is 3.10. The molecule has 1 atom stereocenters. The summed E-state index contributed by atoms with van der Waals surface area (Å²) in [5.74, 6) is 0.929. The second-order valence-electron chi connectivity index (χ2n) is 5.17. The molecule has 19 heavy (non-hydrogen) atoms. The van der Waals surface area contributed by atoms with Crippen LogP contribution in [0.5, 0.6) is 5.75 Å². The van der Waals surface area contributed by atoms with Gasteiger partial charge in [-0.15, -0.1) is 0 Å². The fraction of sp³-hybridized carbons (Fsp3) is 0.600. The van der Waals surface area contributed by atoms with E-state index in [1.165, 1.54) is 16.6 Å². The summed E-state index contributed by atoms with van der Waals surface area (Å²) < 4.78 is 6.47. The van der Waals surface area contributed by atoms with Gasteiger partial charge in [0.05, 0.1) is 7.11 Å². The molecule has 1 aliphatic rings. The van der Waals surface area contributed by atoms with E-state index in [2.05, 4.69) is 51.7 Å². The molecule has 4 heteroatoms. The van der Waals surface area contributed by atoms with Crippen LogP contribution in [0.1, 0.15) is 19.4 Å². The first-order valence-electron chi connectivity index (χ1n) is 6.92. The Labute approximate surface area is 124 Å². The smallest absolute Gasteiger partial charge is 0.119 e. The SMILES string of the molecule is CCN1CCN(Cc2cc(OC)ccc2Br)CC1C. The van der Waals surface area contributed by atoms with Gasteiger partial charge in [-0.1, -0.05) is 22.9 Å². The molecular formula is C15H23BrN2O. The van der Waals surface area contributed by atoms with Crippen LogP contribution in [0.15, 0.2) is 22.7 Å². The van der Waals surface area contributed by atoms with Gasteiger partial charge in [0.2, 0.25) is 0 Å². The van der Waals surface area contributed by atoms with E-state index in [-0.39, 0.29) is 0 Å². The van der Waals surface area contributed by atoms with Crippen molar-refractivity contribution in [3.63, 3.8) is 0 Å². The van der Waals surface area contributed by atoms with Crippen molar-refractivity contribution in [2.24, 2.45) is 0 Å². The first kappa shape index (κ1) is 14.8. The first-order valence-corrected chi connectivity index (χ1v) is 7.72. The summed E-state index contributed by atoms with van der Waals surface area (Å²) in [6, 6.07) is 6.83. The van der Waals surface area contributed by atoms with Gasteiger partial charge >= 0.3 is 0 Å². The summed E-state index contributed by atoms with van der Waals surface area (Å²) in [6.07, 6.45) is 0. The number of ether oxygens (including phenoxy) is 1. The third-order valence-electron chi connectivity index (χ3n) is 3.90. The normalized spacial score (nSPS) is 21.6. The summed E-state index contributed by atoms with van der Waals surface area (Å²) in [5.41, 5.74) is 1.30. The number of benzene rings is 1. The highest BCUT2D eigenvalue weighted by atomic mass is 79.9. The number of methoxy groups -OCH3 is 1. The first-order chi connectivity index (χ1) is 9.13. The lowest BCUT2D eigenvalue weighted by atomic mass is 10.1. The highest BCUT2D eigenvalue weighted by Gasteiger charge is 2.22. The van der Waals surface area contributed by atoms with Gasteiger partial charge in [-0.25, -0.2) is 0 Å². The molecule has 1 aromatic rings. The molecular weight excluding hydrogens is 304 g/mol. The minimum atomic E-state index is 0.642. The Bertz CT molecular complexity index is 425. The van der Waals surface area contributed by atoms with Gasteiger partial charge in [-0.2, -0.15) is 0 Å². The lowest BCUT2D eigenvalue weighted by Crippen LogP contribution is -2.51. The zero-order chi connectivity index (χ0) is 13.8. The Kier molecular flexibility index (Phi) is 5.25. The maximum absolute atomic E-state index is 5.31. The van der Waals surface area contributed by atoms with Crippen molar-refractivity contribution in [2.45, 2.75) is 26.4 Å². The minimum absolute atomic E-state index is 0.642. The molecule has 3 nitrogen and oxygen atoms in total. The Morgan fingerprint density at radius 3 is 2.79 bits per heavy atom. The number of rotatable bonds is 4. The molecule has 1 heterocycles. The maximum Gasteiger partial charge on any atom is 0.119 e. The Morgan fingerprint density at radius 1 is 1.37 bits per heavy atom. The van der Waals surface area contributed by atoms with Crippen LogP contribution in [0, 0.1) is 0 Å². The monoisotopic (exact) mass is 326 g/mol. The number of halogens is 1. The third-order valence-corrected chi connectivity index (χ3v) is 4.68. The number of piperazine rings is 1. The number of nitrogens with zero attached hydrogens (tertiary/aromatic N) is 2. The van der Waals surface area contributed by atoms with Crippen molar-refractivity contribution in [1.82, 2.24) is 9.80 Å². The van der Waals surface area contributed by atoms with Gasteiger partial charge in [0, 0.05) is 36.7 Å². The Hall–Kier alpha value is -0.580. The van der Waals surface area contributed by atoms with Crippen molar-refractivity contribution >= 4 is 15.9 Å². The molecule has 0 saturated carbocycles. The van der Waals surface area contributed by atoms with Gasteiger partial charge < -0.3 is 4.74 Å². The third kappa shape index (κ3) is 3.71. The second-order valence-corrected chi connectivity index (χ2v) is 6.02. The molecule has 0 spiro atoms. The van der Waals surface area contributed by atoms with Crippen LogP contribution in [0.4, 0.5) is 0 Å². The lowest BCUT2D eigenvalue weighted by Gasteiger charge is -2.39. The molecule has 1 aliphatic heterocycles. The number of hydrogen-bond donors (Lipinski definition) is 0. The summed E-state index contributed by atoms with van der Waals surface area (Å²) in [5, 5.41) is 0. The predicted molar refractivity (Wildman–Crippen MR) is 82.7 cm³/mol. The average Bonchev–Trinajstić information content (AvgIpc) is 2.41. The molecule has 0 N–H and O–H groups in total. The topological polar surface area (TPSA) is 15.7 Å². The van der Waals surface area contributed by atoms with Crippen molar-refractivity contribution in [3.8, 4) is 5.75 Å². The molecule has 1 saturated heterocycles. The summed E-state index contributed by atoms with van der Waals surface area (Å²) in [7, 11) is 1.72. The van der Waals surface area contributed by atoms with E-state index in [4.69, 9.17) is 4.74 Å². The zero-order valence-electron chi connectivity index (χ0n) is 12.0. The fourth-order valence-electron chi connectivity index (χ4n) is 2.72. The molecule has 0 aliphatic carbocycles. The maximum atomic E-state index is 5.31. The van der Waals surface area contributed by atoms with Crippen LogP contribution in [0.3, 0.4) is 0 Å². The largest absolute Gasteiger partial charge is 0.497 e. The van der Waals surface area contributed by atoms with Crippen LogP contribution in [-0.2, 0) is 6.54 Å². The number of hydrogen-bond acceptors (Lipinski definition) is 3. The van der Waals surface area contributed by atoms with Crippen LogP contribution in [-0.4, -0.2) is 49.1 Å². The second kappa shape index (κ2) is 6.73. The van der Waals surface area contributed by atoms with Gasteiger partial charge in [0.25, 0.3) is 0 Å². The van der Waals surface area contributed by atoms with Crippen LogP contribution >= 0.6 is 15.9 Å². The molecule has 0 radical (unpaired) electrons. The average molecular weight is 327 g/mol. The van der Waals surface area contributed by atoms with E-state index in [0.29, 0.717) is 6.04 Å². The van der Waals surface area contributed by atoms with Crippen LogP contribution in [0.2, 0.25) is 0 Å².